The molecule has 0 amide bonds. The van der Waals surface area contributed by atoms with E-state index < -0.39 is 49.4 Å². The molecule has 0 saturated carbocycles. The summed E-state index contributed by atoms with van der Waals surface area (Å²) >= 11 is 0. The van der Waals surface area contributed by atoms with Gasteiger partial charge in [-0.3, -0.25) is 9.59 Å². The Hall–Kier alpha value is -1.56. The van der Waals surface area contributed by atoms with Gasteiger partial charge in [0.2, 0.25) is 0 Å². The Balaban J connectivity index is 2.37. The molecule has 10 nitrogen and oxygen atoms in total. The average molecular weight is 715 g/mol. The molecule has 0 aliphatic carbocycles. The molecule has 10 heteroatoms. The van der Waals surface area contributed by atoms with E-state index in [9.17, 15) is 30.0 Å². The third-order valence-corrected chi connectivity index (χ3v) is 9.40. The second-order valence-corrected chi connectivity index (χ2v) is 14.1. The van der Waals surface area contributed by atoms with Crippen LogP contribution in [0.15, 0.2) is 12.2 Å². The van der Waals surface area contributed by atoms with Crippen molar-refractivity contribution in [1.29, 1.82) is 0 Å². The maximum absolute atomic E-state index is 12.7. The minimum absolute atomic E-state index is 0.216. The molecular formula is C40H74O10. The summed E-state index contributed by atoms with van der Waals surface area (Å²) in [6.07, 6.45) is 23.6. The highest BCUT2D eigenvalue weighted by Gasteiger charge is 2.44. The molecule has 0 aromatic heterocycles. The molecule has 0 spiro atoms. The van der Waals surface area contributed by atoms with Crippen molar-refractivity contribution in [3.63, 3.8) is 0 Å². The van der Waals surface area contributed by atoms with Gasteiger partial charge in [0.15, 0.2) is 12.4 Å². The van der Waals surface area contributed by atoms with E-state index >= 15 is 0 Å². The molecule has 1 aliphatic heterocycles. The predicted molar refractivity (Wildman–Crippen MR) is 196 cm³/mol. The van der Waals surface area contributed by atoms with Gasteiger partial charge in [0.05, 0.1) is 13.2 Å². The van der Waals surface area contributed by atoms with Crippen LogP contribution in [-0.4, -0.2) is 89.0 Å². The van der Waals surface area contributed by atoms with E-state index in [1.807, 2.05) is 0 Å². The molecule has 0 aromatic rings. The number of hydrogen-bond donors (Lipinski definition) is 4. The number of unbranched alkanes of at least 4 members (excludes halogenated alkanes) is 20. The van der Waals surface area contributed by atoms with E-state index in [0.29, 0.717) is 6.42 Å². The van der Waals surface area contributed by atoms with Gasteiger partial charge in [-0.1, -0.05) is 142 Å². The molecule has 0 bridgehead atoms. The molecule has 1 heterocycles. The van der Waals surface area contributed by atoms with Gasteiger partial charge in [-0.25, -0.2) is 0 Å². The summed E-state index contributed by atoms with van der Waals surface area (Å²) in [6.45, 7) is 3.37. The van der Waals surface area contributed by atoms with Gasteiger partial charge in [-0.2, -0.15) is 0 Å². The first-order valence-corrected chi connectivity index (χ1v) is 20.3. The molecule has 4 N–H and O–H groups in total. The van der Waals surface area contributed by atoms with Crippen LogP contribution in [0, 0.1) is 0 Å². The summed E-state index contributed by atoms with van der Waals surface area (Å²) < 4.78 is 22.1. The van der Waals surface area contributed by atoms with Crippen molar-refractivity contribution in [3.8, 4) is 0 Å². The van der Waals surface area contributed by atoms with Crippen molar-refractivity contribution < 1.29 is 49.0 Å². The zero-order valence-corrected chi connectivity index (χ0v) is 31.7. The largest absolute Gasteiger partial charge is 0.462 e. The van der Waals surface area contributed by atoms with Gasteiger partial charge in [0.1, 0.15) is 31.0 Å². The number of carbonyl (C=O) groups is 2. The zero-order chi connectivity index (χ0) is 36.7. The molecule has 2 unspecified atom stereocenters. The number of rotatable bonds is 33. The van der Waals surface area contributed by atoms with Crippen LogP contribution < -0.4 is 0 Å². The molecule has 0 radical (unpaired) electrons. The molecule has 1 fully saturated rings. The molecular weight excluding hydrogens is 640 g/mol. The van der Waals surface area contributed by atoms with Gasteiger partial charge in [0, 0.05) is 12.8 Å². The third-order valence-electron chi connectivity index (χ3n) is 9.40. The highest BCUT2D eigenvalue weighted by molar-refractivity contribution is 5.70. The summed E-state index contributed by atoms with van der Waals surface area (Å²) in [6, 6.07) is 0. The smallest absolute Gasteiger partial charge is 0.306 e. The van der Waals surface area contributed by atoms with Crippen LogP contribution >= 0.6 is 0 Å². The van der Waals surface area contributed by atoms with Crippen LogP contribution in [0.2, 0.25) is 0 Å². The molecule has 1 saturated heterocycles. The lowest BCUT2D eigenvalue weighted by Crippen LogP contribution is -2.59. The van der Waals surface area contributed by atoms with E-state index in [-0.39, 0.29) is 32.0 Å². The Morgan fingerprint density at radius 3 is 1.62 bits per heavy atom. The van der Waals surface area contributed by atoms with Gasteiger partial charge < -0.3 is 39.4 Å². The van der Waals surface area contributed by atoms with E-state index in [1.165, 1.54) is 83.5 Å². The number of hydrogen-bond acceptors (Lipinski definition) is 10. The Labute approximate surface area is 303 Å². The van der Waals surface area contributed by atoms with Crippen molar-refractivity contribution in [1.82, 2.24) is 0 Å². The lowest BCUT2D eigenvalue weighted by Gasteiger charge is -2.39. The fourth-order valence-electron chi connectivity index (χ4n) is 6.11. The predicted octanol–water partition coefficient (Wildman–Crippen LogP) is 7.61. The van der Waals surface area contributed by atoms with E-state index in [4.69, 9.17) is 18.9 Å². The molecule has 1 aliphatic rings. The summed E-state index contributed by atoms with van der Waals surface area (Å²) in [5.41, 5.74) is 0. The lowest BCUT2D eigenvalue weighted by molar-refractivity contribution is -0.305. The van der Waals surface area contributed by atoms with E-state index in [1.54, 1.807) is 0 Å². The van der Waals surface area contributed by atoms with E-state index in [2.05, 4.69) is 26.0 Å². The normalized spacial score (nSPS) is 21.4. The monoisotopic (exact) mass is 715 g/mol. The van der Waals surface area contributed by atoms with E-state index in [0.717, 1.165) is 57.8 Å². The number of allylic oxidation sites excluding steroid dienone is 2. The average Bonchev–Trinajstić information content (AvgIpc) is 3.11. The summed E-state index contributed by atoms with van der Waals surface area (Å²) in [4.78, 5) is 25.2. The minimum Gasteiger partial charge on any atom is -0.462 e. The fraction of sp³-hybridized carbons (Fsp3) is 0.900. The maximum atomic E-state index is 12.7. The molecule has 1 rings (SSSR count). The third kappa shape index (κ3) is 23.8. The van der Waals surface area contributed by atoms with Crippen molar-refractivity contribution >= 4 is 11.9 Å². The second-order valence-electron chi connectivity index (χ2n) is 14.1. The minimum atomic E-state index is -1.59. The van der Waals surface area contributed by atoms with Gasteiger partial charge in [0.25, 0.3) is 0 Å². The number of esters is 2. The quantitative estimate of drug-likeness (QED) is 0.0304. The molecule has 294 valence electrons. The summed E-state index contributed by atoms with van der Waals surface area (Å²) in [7, 11) is 0. The fourth-order valence-corrected chi connectivity index (χ4v) is 6.11. The van der Waals surface area contributed by atoms with Crippen molar-refractivity contribution in [3.05, 3.63) is 12.2 Å². The lowest BCUT2D eigenvalue weighted by atomic mass is 9.99. The van der Waals surface area contributed by atoms with Crippen molar-refractivity contribution in [2.24, 2.45) is 0 Å². The SMILES string of the molecule is CCCC/C=C/CCCCCCCC(=O)O[C@@H](COC(=O)CCCCCCCCCCCCCCCC)CO[C@H]1O[C@@H](CO)[C@@H](O)C(O)C1O. The van der Waals surface area contributed by atoms with Crippen LogP contribution in [0.1, 0.15) is 174 Å². The Morgan fingerprint density at radius 2 is 1.08 bits per heavy atom. The number of ether oxygens (including phenoxy) is 4. The van der Waals surface area contributed by atoms with Crippen LogP contribution in [-0.2, 0) is 28.5 Å². The van der Waals surface area contributed by atoms with Crippen LogP contribution in [0.3, 0.4) is 0 Å². The Kier molecular flexibility index (Phi) is 29.8. The molecule has 6 atom stereocenters. The Bertz CT molecular complexity index is 835. The first-order valence-electron chi connectivity index (χ1n) is 20.3. The zero-order valence-electron chi connectivity index (χ0n) is 31.7. The number of aliphatic hydroxyl groups excluding tert-OH is 4. The van der Waals surface area contributed by atoms with Gasteiger partial charge in [-0.05, 0) is 32.1 Å². The highest BCUT2D eigenvalue weighted by Crippen LogP contribution is 2.22. The molecule has 50 heavy (non-hydrogen) atoms. The second kappa shape index (κ2) is 32.1. The first-order chi connectivity index (χ1) is 24.3. The number of carbonyl (C=O) groups excluding carboxylic acids is 2. The number of aliphatic hydroxyl groups is 4. The molecule has 0 aromatic carbocycles. The van der Waals surface area contributed by atoms with Crippen LogP contribution in [0.25, 0.3) is 0 Å². The Morgan fingerprint density at radius 1 is 0.600 bits per heavy atom. The van der Waals surface area contributed by atoms with Gasteiger partial charge >= 0.3 is 11.9 Å². The van der Waals surface area contributed by atoms with Crippen molar-refractivity contribution in [2.45, 2.75) is 211 Å². The standard InChI is InChI=1S/C40H74O10/c1-3-5-7-9-11-13-15-16-17-19-20-22-24-26-28-35(42)47-31-33(32-48-40-39(46)38(45)37(44)34(30-41)50-40)49-36(43)29-27-25-23-21-18-14-12-10-8-6-4-2/h10,12,33-34,37-41,44-46H,3-9,11,13-32H2,1-2H3/b12-10+/t33-,34-,37+,38?,39?,40-/m0/s1. The summed E-state index contributed by atoms with van der Waals surface area (Å²) in [5, 5.41) is 39.9. The van der Waals surface area contributed by atoms with Gasteiger partial charge in [-0.15, -0.1) is 0 Å². The summed E-state index contributed by atoms with van der Waals surface area (Å²) in [5.74, 6) is -0.813. The first kappa shape index (κ1) is 46.5. The maximum Gasteiger partial charge on any atom is 0.306 e. The van der Waals surface area contributed by atoms with Crippen molar-refractivity contribution in [2.75, 3.05) is 19.8 Å². The highest BCUT2D eigenvalue weighted by atomic mass is 16.7. The topological polar surface area (TPSA) is 152 Å². The van der Waals surface area contributed by atoms with Crippen LogP contribution in [0.5, 0.6) is 0 Å². The van der Waals surface area contributed by atoms with Crippen LogP contribution in [0.4, 0.5) is 0 Å².